The van der Waals surface area contributed by atoms with E-state index in [4.69, 9.17) is 4.98 Å². The van der Waals surface area contributed by atoms with Crippen molar-refractivity contribution in [2.24, 2.45) is 0 Å². The van der Waals surface area contributed by atoms with Gasteiger partial charge in [0.1, 0.15) is 5.03 Å². The number of hydrogen-bond donors (Lipinski definition) is 3. The van der Waals surface area contributed by atoms with E-state index in [2.05, 4.69) is 65.9 Å². The summed E-state index contributed by atoms with van der Waals surface area (Å²) in [5.74, 6) is 1.57. The van der Waals surface area contributed by atoms with E-state index in [0.29, 0.717) is 5.82 Å². The molecule has 1 saturated heterocycles. The van der Waals surface area contributed by atoms with Gasteiger partial charge in [0.05, 0.1) is 11.2 Å². The average Bonchev–Trinajstić information content (AvgIpc) is 3.52. The third-order valence-corrected chi connectivity index (χ3v) is 6.58. The lowest BCUT2D eigenvalue weighted by Crippen LogP contribution is -2.47. The van der Waals surface area contributed by atoms with Gasteiger partial charge < -0.3 is 5.32 Å². The Kier molecular flexibility index (Phi) is 5.91. The Labute approximate surface area is 191 Å². The van der Waals surface area contributed by atoms with Gasteiger partial charge in [-0.05, 0) is 49.4 Å². The Hall–Kier alpha value is -3.17. The van der Waals surface area contributed by atoms with Gasteiger partial charge in [0.15, 0.2) is 11.6 Å². The highest BCUT2D eigenvalue weighted by Gasteiger charge is 2.39. The fourth-order valence-electron chi connectivity index (χ4n) is 4.18. The topological polar surface area (TPSA) is 98.4 Å². The predicted octanol–water partition coefficient (Wildman–Crippen LogP) is 3.92. The number of nitrogens with zero attached hydrogens (tertiary/aromatic N) is 5. The molecule has 3 N–H and O–H groups in total. The number of pyridine rings is 1. The van der Waals surface area contributed by atoms with Crippen molar-refractivity contribution in [1.29, 1.82) is 0 Å². The smallest absolute Gasteiger partial charge is 0.181 e. The van der Waals surface area contributed by atoms with Crippen LogP contribution in [0.4, 0.5) is 5.69 Å². The zero-order valence-electron chi connectivity index (χ0n) is 18.0. The third-order valence-electron chi connectivity index (χ3n) is 5.95. The molecule has 8 nitrogen and oxygen atoms in total. The van der Waals surface area contributed by atoms with Crippen LogP contribution in [0.25, 0.3) is 11.4 Å². The van der Waals surface area contributed by atoms with Gasteiger partial charge >= 0.3 is 0 Å². The average molecular weight is 447 g/mol. The van der Waals surface area contributed by atoms with Crippen molar-refractivity contribution in [3.63, 3.8) is 0 Å². The van der Waals surface area contributed by atoms with E-state index in [1.54, 1.807) is 24.2 Å². The molecule has 0 radical (unpaired) electrons. The van der Waals surface area contributed by atoms with Crippen molar-refractivity contribution in [2.45, 2.75) is 30.0 Å². The Morgan fingerprint density at radius 2 is 1.81 bits per heavy atom. The Bertz CT molecular complexity index is 1130. The molecule has 4 heterocycles. The van der Waals surface area contributed by atoms with Crippen LogP contribution in [-0.4, -0.2) is 54.6 Å². The number of aromatic nitrogens is 6. The number of hydrogen-bond acceptors (Lipinski definition) is 7. The lowest BCUT2D eigenvalue weighted by atomic mass is 9.86. The van der Waals surface area contributed by atoms with E-state index in [1.165, 1.54) is 0 Å². The molecule has 0 bridgehead atoms. The van der Waals surface area contributed by atoms with Crippen LogP contribution in [0.2, 0.25) is 0 Å². The number of para-hydroxylation sites is 1. The summed E-state index contributed by atoms with van der Waals surface area (Å²) in [6.45, 7) is 2.76. The number of benzene rings is 1. The summed E-state index contributed by atoms with van der Waals surface area (Å²) in [5, 5.41) is 20.0. The monoisotopic (exact) mass is 446 g/mol. The molecule has 164 valence electrons. The fraction of sp³-hybridized carbons (Fsp3) is 0.304. The molecule has 0 spiro atoms. The van der Waals surface area contributed by atoms with E-state index < -0.39 is 0 Å². The minimum atomic E-state index is -0.311. The zero-order chi connectivity index (χ0) is 21.8. The zero-order valence-corrected chi connectivity index (χ0v) is 18.8. The predicted molar refractivity (Wildman–Crippen MR) is 126 cm³/mol. The first-order chi connectivity index (χ1) is 15.7. The molecule has 4 aromatic rings. The summed E-state index contributed by atoms with van der Waals surface area (Å²) < 4.78 is 0. The molecule has 1 aromatic carbocycles. The number of H-pyrrole nitrogens is 2. The molecule has 0 saturated carbocycles. The van der Waals surface area contributed by atoms with Crippen molar-refractivity contribution >= 4 is 17.4 Å². The van der Waals surface area contributed by atoms with Gasteiger partial charge in [-0.1, -0.05) is 18.2 Å². The molecule has 0 atom stereocenters. The Morgan fingerprint density at radius 1 is 1.03 bits per heavy atom. The number of thioether (sulfide) groups is 1. The summed E-state index contributed by atoms with van der Waals surface area (Å²) in [7, 11) is 0. The van der Waals surface area contributed by atoms with Crippen LogP contribution in [-0.2, 0) is 12.1 Å². The first kappa shape index (κ1) is 20.7. The molecule has 0 unspecified atom stereocenters. The maximum Gasteiger partial charge on any atom is 0.181 e. The second kappa shape index (κ2) is 9.13. The molecule has 32 heavy (non-hydrogen) atoms. The first-order valence-electron chi connectivity index (χ1n) is 10.7. The molecule has 9 heteroatoms. The van der Waals surface area contributed by atoms with Crippen LogP contribution >= 0.6 is 11.8 Å². The molecule has 1 fully saturated rings. The minimum Gasteiger partial charge on any atom is -0.373 e. The van der Waals surface area contributed by atoms with Gasteiger partial charge in [0.25, 0.3) is 0 Å². The Morgan fingerprint density at radius 3 is 2.53 bits per heavy atom. The van der Waals surface area contributed by atoms with Crippen LogP contribution in [0.3, 0.4) is 0 Å². The number of piperidine rings is 1. The van der Waals surface area contributed by atoms with Gasteiger partial charge in [-0.25, -0.2) is 4.98 Å². The molecule has 0 amide bonds. The van der Waals surface area contributed by atoms with Crippen LogP contribution in [0.15, 0.2) is 66.0 Å². The van der Waals surface area contributed by atoms with Crippen molar-refractivity contribution in [3.8, 4) is 11.4 Å². The first-order valence-corrected chi connectivity index (χ1v) is 11.9. The summed E-state index contributed by atoms with van der Waals surface area (Å²) in [6.07, 6.45) is 7.40. The second-order valence-corrected chi connectivity index (χ2v) is 8.85. The number of nitrogens with one attached hydrogen (secondary N) is 3. The Balaban J connectivity index is 1.37. The van der Waals surface area contributed by atoms with Crippen molar-refractivity contribution in [1.82, 2.24) is 35.3 Å². The van der Waals surface area contributed by atoms with Gasteiger partial charge in [-0.3, -0.25) is 20.1 Å². The fourth-order valence-corrected chi connectivity index (χ4v) is 4.58. The quantitative estimate of drug-likeness (QED) is 0.370. The summed E-state index contributed by atoms with van der Waals surface area (Å²) in [5.41, 5.74) is 2.88. The van der Waals surface area contributed by atoms with Gasteiger partial charge in [-0.2, -0.15) is 10.2 Å². The molecule has 1 aliphatic rings. The highest BCUT2D eigenvalue weighted by molar-refractivity contribution is 7.98. The van der Waals surface area contributed by atoms with Gasteiger partial charge in [0, 0.05) is 43.3 Å². The number of anilines is 1. The largest absolute Gasteiger partial charge is 0.373 e. The molecule has 5 rings (SSSR count). The lowest BCUT2D eigenvalue weighted by Gasteiger charge is -2.41. The number of rotatable bonds is 7. The van der Waals surface area contributed by atoms with Crippen LogP contribution < -0.4 is 5.32 Å². The third kappa shape index (κ3) is 4.39. The highest BCUT2D eigenvalue weighted by atomic mass is 32.2. The van der Waals surface area contributed by atoms with Crippen LogP contribution in [0.1, 0.15) is 24.4 Å². The molecular formula is C23H26N8S. The van der Waals surface area contributed by atoms with E-state index in [1.807, 2.05) is 24.5 Å². The normalized spacial score (nSPS) is 16.2. The van der Waals surface area contributed by atoms with E-state index >= 15 is 0 Å². The SMILES string of the molecule is CSc1cc(CN2CCC(Nc3ccccc3)(c3nc(-c4ccncc4)n[nH]3)CC2)[nH]n1. The molecule has 1 aliphatic heterocycles. The van der Waals surface area contributed by atoms with E-state index in [9.17, 15) is 0 Å². The van der Waals surface area contributed by atoms with Gasteiger partial charge in [-0.15, -0.1) is 11.8 Å². The van der Waals surface area contributed by atoms with E-state index in [-0.39, 0.29) is 5.54 Å². The second-order valence-electron chi connectivity index (χ2n) is 8.03. The van der Waals surface area contributed by atoms with Crippen molar-refractivity contribution < 1.29 is 0 Å². The maximum atomic E-state index is 4.90. The maximum absolute atomic E-state index is 4.90. The summed E-state index contributed by atoms with van der Waals surface area (Å²) in [6, 6.07) is 16.3. The van der Waals surface area contributed by atoms with Crippen molar-refractivity contribution in [2.75, 3.05) is 24.7 Å². The highest BCUT2D eigenvalue weighted by Crippen LogP contribution is 2.36. The summed E-state index contributed by atoms with van der Waals surface area (Å²) >= 11 is 1.66. The van der Waals surface area contributed by atoms with E-state index in [0.717, 1.165) is 60.3 Å². The molecule has 3 aromatic heterocycles. The number of likely N-dealkylation sites (tertiary alicyclic amines) is 1. The van der Waals surface area contributed by atoms with Gasteiger partial charge in [0.2, 0.25) is 0 Å². The minimum absolute atomic E-state index is 0.311. The summed E-state index contributed by atoms with van der Waals surface area (Å²) in [4.78, 5) is 11.5. The standard InChI is InChI=1S/C23H26N8S/c1-32-20-15-19(27-28-20)16-31-13-9-23(10-14-31,26-18-5-3-2-4-6-18)22-25-21(29-30-22)17-7-11-24-12-8-17/h2-8,11-12,15,26H,9-10,13-14,16H2,1H3,(H,27,28)(H,25,29,30). The van der Waals surface area contributed by atoms with Crippen LogP contribution in [0, 0.1) is 0 Å². The molecule has 0 aliphatic carbocycles. The molecular weight excluding hydrogens is 420 g/mol. The lowest BCUT2D eigenvalue weighted by molar-refractivity contribution is 0.160. The van der Waals surface area contributed by atoms with Crippen LogP contribution in [0.5, 0.6) is 0 Å². The van der Waals surface area contributed by atoms with Crippen molar-refractivity contribution in [3.05, 3.63) is 72.4 Å². The number of aromatic amines is 2.